The number of rotatable bonds is 3. The first kappa shape index (κ1) is 14.2. The summed E-state index contributed by atoms with van der Waals surface area (Å²) in [4.78, 5) is 14.2. The molecule has 3 aromatic heterocycles. The van der Waals surface area contributed by atoms with E-state index in [0.29, 0.717) is 24.1 Å². The molecular weight excluding hydrogens is 314 g/mol. The highest BCUT2D eigenvalue weighted by Crippen LogP contribution is 2.29. The van der Waals surface area contributed by atoms with Crippen LogP contribution in [0, 0.1) is 0 Å². The summed E-state index contributed by atoms with van der Waals surface area (Å²) in [6.45, 7) is 1.30. The molecule has 118 valence electrons. The predicted octanol–water partition coefficient (Wildman–Crippen LogP) is 3.41. The Kier molecular flexibility index (Phi) is 3.70. The second-order valence-corrected chi connectivity index (χ2v) is 6.31. The Morgan fingerprint density at radius 3 is 3.09 bits per heavy atom. The Balaban J connectivity index is 1.50. The normalized spacial score (nSPS) is 18.3. The van der Waals surface area contributed by atoms with Crippen molar-refractivity contribution in [1.82, 2.24) is 15.1 Å². The van der Waals surface area contributed by atoms with Gasteiger partial charge in [0.25, 0.3) is 5.91 Å². The second kappa shape index (κ2) is 6.00. The monoisotopic (exact) mass is 329 g/mol. The molecule has 1 fully saturated rings. The molecule has 4 heterocycles. The minimum Gasteiger partial charge on any atom is -0.459 e. The number of amides is 1. The highest BCUT2D eigenvalue weighted by atomic mass is 32.1. The first-order chi connectivity index (χ1) is 11.3. The maximum absolute atomic E-state index is 12.4. The molecule has 4 rings (SSSR count). The van der Waals surface area contributed by atoms with Crippen molar-refractivity contribution in [2.75, 3.05) is 13.1 Å². The molecule has 6 nitrogen and oxygen atoms in total. The molecule has 0 saturated carbocycles. The third-order valence-corrected chi connectivity index (χ3v) is 4.68. The van der Waals surface area contributed by atoms with Crippen molar-refractivity contribution in [2.45, 2.75) is 18.8 Å². The van der Waals surface area contributed by atoms with Gasteiger partial charge in [0.15, 0.2) is 5.76 Å². The van der Waals surface area contributed by atoms with Gasteiger partial charge in [-0.3, -0.25) is 4.79 Å². The fraction of sp³-hybridized carbons (Fsp3) is 0.312. The molecule has 0 aromatic carbocycles. The standard InChI is InChI=1S/C16H15N3O3S/c20-16(13-4-2-7-21-13)19-6-1-3-11(9-19)14-17-18-15(22-14)12-5-8-23-10-12/h2,4-5,7-8,10-11H,1,3,6,9H2. The van der Waals surface area contributed by atoms with Crippen LogP contribution in [-0.4, -0.2) is 34.1 Å². The number of carbonyl (C=O) groups is 1. The third kappa shape index (κ3) is 2.79. The zero-order valence-electron chi connectivity index (χ0n) is 12.3. The molecule has 0 N–H and O–H groups in total. The number of likely N-dealkylation sites (tertiary alicyclic amines) is 1. The van der Waals surface area contributed by atoms with Gasteiger partial charge in [-0.15, -0.1) is 10.2 Å². The van der Waals surface area contributed by atoms with Gasteiger partial charge >= 0.3 is 0 Å². The van der Waals surface area contributed by atoms with Crippen LogP contribution in [0.25, 0.3) is 11.5 Å². The summed E-state index contributed by atoms with van der Waals surface area (Å²) >= 11 is 1.59. The molecule has 23 heavy (non-hydrogen) atoms. The fourth-order valence-corrected chi connectivity index (χ4v) is 3.45. The molecule has 1 saturated heterocycles. The first-order valence-electron chi connectivity index (χ1n) is 7.50. The fourth-order valence-electron chi connectivity index (χ4n) is 2.82. The van der Waals surface area contributed by atoms with E-state index >= 15 is 0 Å². The summed E-state index contributed by atoms with van der Waals surface area (Å²) in [6, 6.07) is 5.36. The minimum absolute atomic E-state index is 0.0718. The van der Waals surface area contributed by atoms with Crippen molar-refractivity contribution in [1.29, 1.82) is 0 Å². The molecule has 1 aliphatic heterocycles. The first-order valence-corrected chi connectivity index (χ1v) is 8.44. The molecular formula is C16H15N3O3S. The average molecular weight is 329 g/mol. The lowest BCUT2D eigenvalue weighted by molar-refractivity contribution is 0.0666. The van der Waals surface area contributed by atoms with E-state index < -0.39 is 0 Å². The molecule has 3 aromatic rings. The second-order valence-electron chi connectivity index (χ2n) is 5.53. The molecule has 7 heteroatoms. The van der Waals surface area contributed by atoms with Gasteiger partial charge in [-0.05, 0) is 36.4 Å². The highest BCUT2D eigenvalue weighted by molar-refractivity contribution is 7.08. The molecule has 1 amide bonds. The number of nitrogens with zero attached hydrogens (tertiary/aromatic N) is 3. The number of aromatic nitrogens is 2. The topological polar surface area (TPSA) is 72.4 Å². The Morgan fingerprint density at radius 1 is 1.35 bits per heavy atom. The number of hydrogen-bond acceptors (Lipinski definition) is 6. The van der Waals surface area contributed by atoms with E-state index in [4.69, 9.17) is 8.83 Å². The predicted molar refractivity (Wildman–Crippen MR) is 84.2 cm³/mol. The van der Waals surface area contributed by atoms with E-state index in [9.17, 15) is 4.79 Å². The van der Waals surface area contributed by atoms with E-state index in [-0.39, 0.29) is 11.8 Å². The molecule has 0 aliphatic carbocycles. The van der Waals surface area contributed by atoms with Crippen molar-refractivity contribution in [3.63, 3.8) is 0 Å². The van der Waals surface area contributed by atoms with Crippen LogP contribution in [0.15, 0.2) is 44.1 Å². The summed E-state index contributed by atoms with van der Waals surface area (Å²) in [7, 11) is 0. The quantitative estimate of drug-likeness (QED) is 0.736. The highest BCUT2D eigenvalue weighted by Gasteiger charge is 2.30. The SMILES string of the molecule is O=C(c1ccco1)N1CCCC(c2nnc(-c3ccsc3)o2)C1. The zero-order chi connectivity index (χ0) is 15.6. The van der Waals surface area contributed by atoms with Crippen LogP contribution in [0.5, 0.6) is 0 Å². The van der Waals surface area contributed by atoms with Crippen LogP contribution in [0.2, 0.25) is 0 Å². The summed E-state index contributed by atoms with van der Waals surface area (Å²) in [5.41, 5.74) is 0.938. The Hall–Kier alpha value is -2.41. The van der Waals surface area contributed by atoms with Crippen molar-refractivity contribution in [2.24, 2.45) is 0 Å². The Morgan fingerprint density at radius 2 is 2.30 bits per heavy atom. The van der Waals surface area contributed by atoms with Crippen LogP contribution in [-0.2, 0) is 0 Å². The van der Waals surface area contributed by atoms with Gasteiger partial charge in [-0.1, -0.05) is 0 Å². The van der Waals surface area contributed by atoms with Crippen LogP contribution >= 0.6 is 11.3 Å². The lowest BCUT2D eigenvalue weighted by Gasteiger charge is -2.30. The van der Waals surface area contributed by atoms with E-state index in [0.717, 1.165) is 24.9 Å². The van der Waals surface area contributed by atoms with E-state index in [1.54, 1.807) is 28.4 Å². The molecule has 1 unspecified atom stereocenters. The van der Waals surface area contributed by atoms with Gasteiger partial charge in [0.05, 0.1) is 12.2 Å². The number of furan rings is 1. The zero-order valence-corrected chi connectivity index (χ0v) is 13.2. The molecule has 0 radical (unpaired) electrons. The lowest BCUT2D eigenvalue weighted by Crippen LogP contribution is -2.39. The maximum atomic E-state index is 12.4. The van der Waals surface area contributed by atoms with E-state index in [1.165, 1.54) is 6.26 Å². The summed E-state index contributed by atoms with van der Waals surface area (Å²) in [6.07, 6.45) is 3.36. The number of piperidine rings is 1. The van der Waals surface area contributed by atoms with Crippen LogP contribution in [0.1, 0.15) is 35.2 Å². The van der Waals surface area contributed by atoms with Gasteiger partial charge in [0, 0.05) is 24.0 Å². The van der Waals surface area contributed by atoms with Gasteiger partial charge in [0.1, 0.15) is 0 Å². The molecule has 0 spiro atoms. The Bertz CT molecular complexity index is 779. The van der Waals surface area contributed by atoms with E-state index in [1.807, 2.05) is 16.8 Å². The van der Waals surface area contributed by atoms with Gasteiger partial charge < -0.3 is 13.7 Å². The van der Waals surface area contributed by atoms with E-state index in [2.05, 4.69) is 10.2 Å². The van der Waals surface area contributed by atoms with Gasteiger partial charge in [-0.25, -0.2) is 0 Å². The lowest BCUT2D eigenvalue weighted by atomic mass is 9.98. The molecule has 0 bridgehead atoms. The van der Waals surface area contributed by atoms with Crippen LogP contribution in [0.3, 0.4) is 0 Å². The number of carbonyl (C=O) groups excluding carboxylic acids is 1. The summed E-state index contributed by atoms with van der Waals surface area (Å²) in [5, 5.41) is 12.3. The number of hydrogen-bond donors (Lipinski definition) is 0. The summed E-state index contributed by atoms with van der Waals surface area (Å²) in [5.74, 6) is 1.49. The van der Waals surface area contributed by atoms with Crippen LogP contribution in [0.4, 0.5) is 0 Å². The third-order valence-electron chi connectivity index (χ3n) is 4.00. The largest absolute Gasteiger partial charge is 0.459 e. The average Bonchev–Trinajstić information content (AvgIpc) is 3.36. The van der Waals surface area contributed by atoms with Gasteiger partial charge in [-0.2, -0.15) is 11.3 Å². The van der Waals surface area contributed by atoms with Crippen molar-refractivity contribution in [3.8, 4) is 11.5 Å². The van der Waals surface area contributed by atoms with Crippen molar-refractivity contribution < 1.29 is 13.6 Å². The summed E-state index contributed by atoms with van der Waals surface area (Å²) < 4.78 is 11.0. The van der Waals surface area contributed by atoms with Crippen molar-refractivity contribution in [3.05, 3.63) is 46.9 Å². The minimum atomic E-state index is -0.0859. The smallest absolute Gasteiger partial charge is 0.289 e. The maximum Gasteiger partial charge on any atom is 0.289 e. The Labute approximate surface area is 136 Å². The van der Waals surface area contributed by atoms with Crippen molar-refractivity contribution >= 4 is 17.2 Å². The molecule has 1 atom stereocenters. The number of thiophene rings is 1. The van der Waals surface area contributed by atoms with Crippen LogP contribution < -0.4 is 0 Å². The van der Waals surface area contributed by atoms with Gasteiger partial charge in [0.2, 0.25) is 11.8 Å². The molecule has 1 aliphatic rings.